The molecular weight excluding hydrogens is 290 g/mol. The van der Waals surface area contributed by atoms with Crippen LogP contribution in [-0.4, -0.2) is 31.8 Å². The fraction of sp³-hybridized carbons (Fsp3) is 0.364. The fourth-order valence-electron chi connectivity index (χ4n) is 2.08. The first-order chi connectivity index (χ1) is 8.24. The summed E-state index contributed by atoms with van der Waals surface area (Å²) >= 11 is 3.44. The third kappa shape index (κ3) is 1.44. The van der Waals surface area contributed by atoms with E-state index in [1.807, 2.05) is 0 Å². The Morgan fingerprint density at radius 2 is 2.24 bits per heavy atom. The minimum Gasteiger partial charge on any atom is -0.492 e. The molecule has 1 aromatic rings. The first-order valence-corrected chi connectivity index (χ1v) is 5.90. The van der Waals surface area contributed by atoms with Gasteiger partial charge in [-0.05, 0) is 15.9 Å². The molecule has 0 aliphatic carbocycles. The number of aliphatic imine (C=N–C) groups is 1. The maximum absolute atomic E-state index is 10.00. The standard InChI is InChI=1S/C11H10BrNO4/c1-15-10-8(12)7-5(2-13-3-6(7)14)9-11(10)17-4-16-9/h2,6,14H,3-4H2,1H3/t6-/m0/s1. The molecule has 0 bridgehead atoms. The monoisotopic (exact) mass is 299 g/mol. The highest BCUT2D eigenvalue weighted by Crippen LogP contribution is 2.51. The average molecular weight is 300 g/mol. The number of methoxy groups -OCH3 is 1. The molecule has 0 unspecified atom stereocenters. The Labute approximate surface area is 106 Å². The molecule has 5 nitrogen and oxygen atoms in total. The summed E-state index contributed by atoms with van der Waals surface area (Å²) in [6.07, 6.45) is 1.03. The number of benzene rings is 1. The average Bonchev–Trinajstić information content (AvgIpc) is 2.78. The summed E-state index contributed by atoms with van der Waals surface area (Å²) in [5.74, 6) is 1.69. The number of fused-ring (bicyclic) bond motifs is 3. The van der Waals surface area contributed by atoms with Crippen LogP contribution in [-0.2, 0) is 0 Å². The van der Waals surface area contributed by atoms with Crippen molar-refractivity contribution in [1.29, 1.82) is 0 Å². The van der Waals surface area contributed by atoms with Crippen LogP contribution in [0.15, 0.2) is 9.47 Å². The van der Waals surface area contributed by atoms with Crippen LogP contribution >= 0.6 is 15.9 Å². The molecule has 0 saturated carbocycles. The number of aliphatic hydroxyl groups is 1. The van der Waals surface area contributed by atoms with Gasteiger partial charge >= 0.3 is 0 Å². The molecular formula is C11H10BrNO4. The largest absolute Gasteiger partial charge is 0.492 e. The minimum atomic E-state index is -0.659. The zero-order chi connectivity index (χ0) is 12.0. The molecule has 90 valence electrons. The number of nitrogens with zero attached hydrogens (tertiary/aromatic N) is 1. The molecule has 0 fully saturated rings. The maximum Gasteiger partial charge on any atom is 0.231 e. The first kappa shape index (κ1) is 10.9. The Hall–Kier alpha value is -1.27. The van der Waals surface area contributed by atoms with Crippen LogP contribution in [0.5, 0.6) is 17.2 Å². The summed E-state index contributed by atoms with van der Waals surface area (Å²) < 4.78 is 16.8. The second kappa shape index (κ2) is 3.89. The number of halogens is 1. The van der Waals surface area contributed by atoms with Crippen molar-refractivity contribution in [3.05, 3.63) is 15.6 Å². The molecule has 17 heavy (non-hydrogen) atoms. The minimum absolute atomic E-state index is 0.151. The molecule has 0 aromatic heterocycles. The van der Waals surface area contributed by atoms with Crippen LogP contribution in [0.1, 0.15) is 17.2 Å². The third-order valence-corrected chi connectivity index (χ3v) is 3.61. The van der Waals surface area contributed by atoms with Crippen molar-refractivity contribution in [2.24, 2.45) is 4.99 Å². The van der Waals surface area contributed by atoms with Gasteiger partial charge in [-0.2, -0.15) is 0 Å². The van der Waals surface area contributed by atoms with Gasteiger partial charge in [0.05, 0.1) is 18.1 Å². The number of hydrogen-bond acceptors (Lipinski definition) is 5. The Kier molecular flexibility index (Phi) is 2.48. The lowest BCUT2D eigenvalue weighted by Crippen LogP contribution is -2.12. The van der Waals surface area contributed by atoms with Crippen molar-refractivity contribution < 1.29 is 19.3 Å². The molecule has 0 spiro atoms. The van der Waals surface area contributed by atoms with E-state index in [0.717, 1.165) is 11.1 Å². The van der Waals surface area contributed by atoms with Crippen molar-refractivity contribution in [1.82, 2.24) is 0 Å². The fourth-order valence-corrected chi connectivity index (χ4v) is 2.90. The van der Waals surface area contributed by atoms with E-state index in [1.54, 1.807) is 13.3 Å². The lowest BCUT2D eigenvalue weighted by atomic mass is 9.98. The van der Waals surface area contributed by atoms with E-state index in [1.165, 1.54) is 0 Å². The second-order valence-electron chi connectivity index (χ2n) is 3.75. The molecule has 2 aliphatic rings. The summed E-state index contributed by atoms with van der Waals surface area (Å²) in [5, 5.41) is 10.00. The van der Waals surface area contributed by atoms with Crippen molar-refractivity contribution in [2.75, 3.05) is 20.4 Å². The summed E-state index contributed by atoms with van der Waals surface area (Å²) in [5.41, 5.74) is 1.49. The van der Waals surface area contributed by atoms with Crippen LogP contribution in [0.25, 0.3) is 0 Å². The molecule has 1 N–H and O–H groups in total. The lowest BCUT2D eigenvalue weighted by Gasteiger charge is -2.21. The molecule has 3 rings (SSSR count). The second-order valence-corrected chi connectivity index (χ2v) is 4.54. The first-order valence-electron chi connectivity index (χ1n) is 5.11. The van der Waals surface area contributed by atoms with E-state index in [9.17, 15) is 5.11 Å². The molecule has 2 aliphatic heterocycles. The van der Waals surface area contributed by atoms with Gasteiger partial charge in [-0.1, -0.05) is 0 Å². The maximum atomic E-state index is 10.00. The van der Waals surface area contributed by atoms with Gasteiger partial charge in [0, 0.05) is 17.3 Å². The predicted molar refractivity (Wildman–Crippen MR) is 64.2 cm³/mol. The number of hydrogen-bond donors (Lipinski definition) is 1. The van der Waals surface area contributed by atoms with Crippen molar-refractivity contribution in [3.63, 3.8) is 0 Å². The predicted octanol–water partition coefficient (Wildman–Crippen LogP) is 1.65. The number of rotatable bonds is 1. The van der Waals surface area contributed by atoms with Gasteiger partial charge in [0.2, 0.25) is 12.5 Å². The van der Waals surface area contributed by atoms with Crippen LogP contribution < -0.4 is 14.2 Å². The molecule has 0 amide bonds. The molecule has 1 aromatic carbocycles. The van der Waals surface area contributed by atoms with Gasteiger partial charge < -0.3 is 19.3 Å². The van der Waals surface area contributed by atoms with E-state index >= 15 is 0 Å². The van der Waals surface area contributed by atoms with Crippen molar-refractivity contribution in [3.8, 4) is 17.2 Å². The van der Waals surface area contributed by atoms with Gasteiger partial charge in [0.25, 0.3) is 0 Å². The Morgan fingerprint density at radius 1 is 1.47 bits per heavy atom. The van der Waals surface area contributed by atoms with E-state index < -0.39 is 6.10 Å². The van der Waals surface area contributed by atoms with Crippen LogP contribution in [0.2, 0.25) is 0 Å². The van der Waals surface area contributed by atoms with Crippen LogP contribution in [0, 0.1) is 0 Å². The molecule has 2 heterocycles. The quantitative estimate of drug-likeness (QED) is 0.857. The third-order valence-electron chi connectivity index (χ3n) is 2.83. The van der Waals surface area contributed by atoms with Gasteiger partial charge in [-0.3, -0.25) is 4.99 Å². The smallest absolute Gasteiger partial charge is 0.231 e. The Bertz CT molecular complexity index is 515. The van der Waals surface area contributed by atoms with E-state index in [-0.39, 0.29) is 6.79 Å². The SMILES string of the molecule is COc1c(Br)c2c(c3c1OCO3)C=NC[C@@H]2O. The zero-order valence-corrected chi connectivity index (χ0v) is 10.7. The summed E-state index contributed by atoms with van der Waals surface area (Å²) in [6, 6.07) is 0. The Balaban J connectivity index is 2.34. The van der Waals surface area contributed by atoms with Gasteiger partial charge in [-0.25, -0.2) is 0 Å². The molecule has 0 radical (unpaired) electrons. The summed E-state index contributed by atoms with van der Waals surface area (Å²) in [7, 11) is 1.55. The highest BCUT2D eigenvalue weighted by atomic mass is 79.9. The zero-order valence-electron chi connectivity index (χ0n) is 9.07. The number of aliphatic hydroxyl groups excluding tert-OH is 1. The van der Waals surface area contributed by atoms with E-state index in [0.29, 0.717) is 28.3 Å². The number of ether oxygens (including phenoxy) is 3. The molecule has 1 atom stereocenters. The highest BCUT2D eigenvalue weighted by Gasteiger charge is 2.32. The highest BCUT2D eigenvalue weighted by molar-refractivity contribution is 9.10. The lowest BCUT2D eigenvalue weighted by molar-refractivity contribution is 0.170. The Morgan fingerprint density at radius 3 is 3.00 bits per heavy atom. The summed E-state index contributed by atoms with van der Waals surface area (Å²) in [4.78, 5) is 4.10. The molecule has 6 heteroatoms. The topological polar surface area (TPSA) is 60.3 Å². The normalized spacial score (nSPS) is 20.3. The van der Waals surface area contributed by atoms with Crippen molar-refractivity contribution in [2.45, 2.75) is 6.10 Å². The van der Waals surface area contributed by atoms with Gasteiger partial charge in [0.1, 0.15) is 6.10 Å². The van der Waals surface area contributed by atoms with Gasteiger partial charge in [0.15, 0.2) is 11.5 Å². The van der Waals surface area contributed by atoms with Crippen LogP contribution in [0.4, 0.5) is 0 Å². The molecule has 0 saturated heterocycles. The summed E-state index contributed by atoms with van der Waals surface area (Å²) in [6.45, 7) is 0.493. The van der Waals surface area contributed by atoms with E-state index in [4.69, 9.17) is 14.2 Å². The van der Waals surface area contributed by atoms with Gasteiger partial charge in [-0.15, -0.1) is 0 Å². The van der Waals surface area contributed by atoms with Crippen LogP contribution in [0.3, 0.4) is 0 Å². The van der Waals surface area contributed by atoms with E-state index in [2.05, 4.69) is 20.9 Å². The van der Waals surface area contributed by atoms with Crippen molar-refractivity contribution >= 4 is 22.1 Å².